The number of nitriles is 1. The average Bonchev–Trinajstić information content (AvgIpc) is 2.47. The first kappa shape index (κ1) is 9.74. The highest BCUT2D eigenvalue weighted by Crippen LogP contribution is 2.35. The normalized spacial score (nSPS) is 10.3. The Labute approximate surface area is 99.5 Å². The SMILES string of the molecule is N#CCc1c(I)sc2c(N)cccc12. The van der Waals surface area contributed by atoms with E-state index in [4.69, 9.17) is 11.0 Å². The summed E-state index contributed by atoms with van der Waals surface area (Å²) in [4.78, 5) is 0. The number of rotatable bonds is 1. The van der Waals surface area contributed by atoms with Crippen LogP contribution in [0.1, 0.15) is 5.56 Å². The van der Waals surface area contributed by atoms with Crippen molar-refractivity contribution in [3.8, 4) is 6.07 Å². The summed E-state index contributed by atoms with van der Waals surface area (Å²) in [5, 5.41) is 9.84. The highest BCUT2D eigenvalue weighted by molar-refractivity contribution is 14.1. The van der Waals surface area contributed by atoms with E-state index in [0.717, 1.165) is 24.2 Å². The smallest absolute Gasteiger partial charge is 0.0709 e. The van der Waals surface area contributed by atoms with Crippen molar-refractivity contribution >= 4 is 49.7 Å². The minimum Gasteiger partial charge on any atom is -0.398 e. The summed E-state index contributed by atoms with van der Waals surface area (Å²) in [6.45, 7) is 0. The van der Waals surface area contributed by atoms with Crippen LogP contribution in [0.2, 0.25) is 0 Å². The van der Waals surface area contributed by atoms with Crippen molar-refractivity contribution in [1.82, 2.24) is 0 Å². The number of nitrogen functional groups attached to an aromatic ring is 1. The van der Waals surface area contributed by atoms with Gasteiger partial charge in [0.15, 0.2) is 0 Å². The number of nitrogens with two attached hydrogens (primary N) is 1. The van der Waals surface area contributed by atoms with Gasteiger partial charge in [-0.25, -0.2) is 0 Å². The first-order chi connectivity index (χ1) is 6.74. The highest BCUT2D eigenvalue weighted by atomic mass is 127. The van der Waals surface area contributed by atoms with Gasteiger partial charge in [-0.3, -0.25) is 0 Å². The predicted octanol–water partition coefficient (Wildman–Crippen LogP) is 3.15. The van der Waals surface area contributed by atoms with Gasteiger partial charge < -0.3 is 5.73 Å². The van der Waals surface area contributed by atoms with Gasteiger partial charge in [-0.15, -0.1) is 11.3 Å². The summed E-state index contributed by atoms with van der Waals surface area (Å²) in [7, 11) is 0. The van der Waals surface area contributed by atoms with E-state index in [1.807, 2.05) is 18.2 Å². The molecule has 0 spiro atoms. The molecule has 4 heteroatoms. The van der Waals surface area contributed by atoms with Gasteiger partial charge in [0.1, 0.15) is 0 Å². The van der Waals surface area contributed by atoms with Crippen LogP contribution < -0.4 is 5.73 Å². The maximum absolute atomic E-state index is 8.71. The molecule has 0 saturated heterocycles. The fourth-order valence-electron chi connectivity index (χ4n) is 1.41. The largest absolute Gasteiger partial charge is 0.398 e. The average molecular weight is 314 g/mol. The molecule has 0 aliphatic carbocycles. The lowest BCUT2D eigenvalue weighted by Gasteiger charge is -1.95. The standard InChI is InChI=1S/C10H7IN2S/c11-10-7(4-5-12)6-2-1-3-8(13)9(6)14-10/h1-3H,4,13H2. The molecule has 0 atom stereocenters. The molecule has 0 unspecified atom stereocenters. The third-order valence-corrected chi connectivity index (χ3v) is 4.45. The second kappa shape index (κ2) is 3.75. The number of hydrogen-bond acceptors (Lipinski definition) is 3. The first-order valence-electron chi connectivity index (χ1n) is 4.06. The van der Waals surface area contributed by atoms with E-state index in [9.17, 15) is 0 Å². The molecule has 0 aliphatic heterocycles. The van der Waals surface area contributed by atoms with Crippen molar-refractivity contribution in [2.24, 2.45) is 0 Å². The number of fused-ring (bicyclic) bond motifs is 1. The Morgan fingerprint density at radius 3 is 3.00 bits per heavy atom. The van der Waals surface area contributed by atoms with E-state index in [-0.39, 0.29) is 0 Å². The molecule has 1 aromatic carbocycles. The third-order valence-electron chi connectivity index (χ3n) is 2.06. The molecule has 0 fully saturated rings. The lowest BCUT2D eigenvalue weighted by atomic mass is 10.1. The molecular formula is C10H7IN2S. The molecule has 0 bridgehead atoms. The van der Waals surface area contributed by atoms with E-state index < -0.39 is 0 Å². The topological polar surface area (TPSA) is 49.8 Å². The van der Waals surface area contributed by atoms with Crippen LogP contribution in [0.4, 0.5) is 5.69 Å². The quantitative estimate of drug-likeness (QED) is 0.649. The lowest BCUT2D eigenvalue weighted by molar-refractivity contribution is 1.29. The van der Waals surface area contributed by atoms with Gasteiger partial charge in [-0.1, -0.05) is 12.1 Å². The van der Waals surface area contributed by atoms with Crippen LogP contribution in [0.15, 0.2) is 18.2 Å². The number of halogens is 1. The van der Waals surface area contributed by atoms with Crippen LogP contribution in [0, 0.1) is 14.2 Å². The summed E-state index contributed by atoms with van der Waals surface area (Å²) in [5.74, 6) is 0. The Bertz CT molecular complexity index is 525. The van der Waals surface area contributed by atoms with Crippen LogP contribution in [0.25, 0.3) is 10.1 Å². The van der Waals surface area contributed by atoms with Crippen LogP contribution in [-0.2, 0) is 6.42 Å². The predicted molar refractivity (Wildman–Crippen MR) is 68.3 cm³/mol. The van der Waals surface area contributed by atoms with Gasteiger partial charge >= 0.3 is 0 Å². The zero-order valence-corrected chi connectivity index (χ0v) is 10.2. The van der Waals surface area contributed by atoms with Crippen LogP contribution in [-0.4, -0.2) is 0 Å². The van der Waals surface area contributed by atoms with Crippen molar-refractivity contribution in [2.45, 2.75) is 6.42 Å². The van der Waals surface area contributed by atoms with Crippen molar-refractivity contribution < 1.29 is 0 Å². The maximum Gasteiger partial charge on any atom is 0.0709 e. The van der Waals surface area contributed by atoms with E-state index in [1.165, 1.54) is 0 Å². The highest BCUT2D eigenvalue weighted by Gasteiger charge is 2.10. The zero-order chi connectivity index (χ0) is 10.1. The summed E-state index contributed by atoms with van der Waals surface area (Å²) >= 11 is 3.92. The molecular weight excluding hydrogens is 307 g/mol. The van der Waals surface area contributed by atoms with Crippen LogP contribution in [0.3, 0.4) is 0 Å². The minimum absolute atomic E-state index is 0.460. The van der Waals surface area contributed by atoms with Gasteiger partial charge in [0.2, 0.25) is 0 Å². The number of hydrogen-bond donors (Lipinski definition) is 1. The Morgan fingerprint density at radius 2 is 2.29 bits per heavy atom. The van der Waals surface area contributed by atoms with Gasteiger partial charge in [0, 0.05) is 5.69 Å². The molecule has 2 N–H and O–H groups in total. The van der Waals surface area contributed by atoms with Crippen molar-refractivity contribution in [2.75, 3.05) is 5.73 Å². The van der Waals surface area contributed by atoms with E-state index >= 15 is 0 Å². The summed E-state index contributed by atoms with van der Waals surface area (Å²) in [5.41, 5.74) is 7.77. The van der Waals surface area contributed by atoms with Crippen LogP contribution >= 0.6 is 33.9 Å². The Morgan fingerprint density at radius 1 is 1.50 bits per heavy atom. The molecule has 0 saturated carbocycles. The minimum atomic E-state index is 0.460. The maximum atomic E-state index is 8.71. The van der Waals surface area contributed by atoms with Gasteiger partial charge in [0.25, 0.3) is 0 Å². The van der Waals surface area contributed by atoms with Crippen molar-refractivity contribution in [3.05, 3.63) is 26.6 Å². The van der Waals surface area contributed by atoms with E-state index in [0.29, 0.717) is 6.42 Å². The molecule has 2 aromatic rings. The second-order valence-corrected chi connectivity index (χ2v) is 5.74. The Balaban J connectivity index is 2.78. The molecule has 1 heterocycles. The third kappa shape index (κ3) is 1.47. The fraction of sp³-hybridized carbons (Fsp3) is 0.100. The van der Waals surface area contributed by atoms with Crippen molar-refractivity contribution in [1.29, 1.82) is 5.26 Å². The Kier molecular flexibility index (Phi) is 2.61. The molecule has 70 valence electrons. The van der Waals surface area contributed by atoms with Crippen molar-refractivity contribution in [3.63, 3.8) is 0 Å². The second-order valence-electron chi connectivity index (χ2n) is 2.91. The molecule has 0 amide bonds. The first-order valence-corrected chi connectivity index (χ1v) is 5.96. The van der Waals surface area contributed by atoms with Gasteiger partial charge in [0.05, 0.1) is 20.1 Å². The number of benzene rings is 1. The monoisotopic (exact) mass is 314 g/mol. The molecule has 1 aromatic heterocycles. The lowest BCUT2D eigenvalue weighted by Crippen LogP contribution is -1.84. The summed E-state index contributed by atoms with van der Waals surface area (Å²) < 4.78 is 2.26. The summed E-state index contributed by atoms with van der Waals surface area (Å²) in [6, 6.07) is 8.03. The molecule has 0 radical (unpaired) electrons. The Hall–Kier alpha value is -0.800. The number of anilines is 1. The zero-order valence-electron chi connectivity index (χ0n) is 7.25. The number of nitrogens with zero attached hydrogens (tertiary/aromatic N) is 1. The van der Waals surface area contributed by atoms with Gasteiger partial charge in [-0.05, 0) is 39.6 Å². The molecule has 0 aliphatic rings. The molecule has 2 nitrogen and oxygen atoms in total. The molecule has 2 rings (SSSR count). The van der Waals surface area contributed by atoms with E-state index in [1.54, 1.807) is 11.3 Å². The summed E-state index contributed by atoms with van der Waals surface area (Å²) in [6.07, 6.45) is 0.460. The van der Waals surface area contributed by atoms with E-state index in [2.05, 4.69) is 28.7 Å². The molecule has 14 heavy (non-hydrogen) atoms. The fourth-order valence-corrected chi connectivity index (χ4v) is 3.52. The van der Waals surface area contributed by atoms with Gasteiger partial charge in [-0.2, -0.15) is 5.26 Å². The van der Waals surface area contributed by atoms with Crippen LogP contribution in [0.5, 0.6) is 0 Å². The number of thiophene rings is 1.